The van der Waals surface area contributed by atoms with Crippen LogP contribution in [0.5, 0.6) is 5.75 Å². The van der Waals surface area contributed by atoms with Gasteiger partial charge in [0.15, 0.2) is 6.61 Å². The van der Waals surface area contributed by atoms with E-state index in [1.165, 1.54) is 0 Å². The predicted molar refractivity (Wildman–Crippen MR) is 123 cm³/mol. The summed E-state index contributed by atoms with van der Waals surface area (Å²) in [6.45, 7) is 8.09. The molecular formula is C26H34N2O3. The van der Waals surface area contributed by atoms with Gasteiger partial charge in [0.1, 0.15) is 11.8 Å². The fourth-order valence-corrected chi connectivity index (χ4v) is 4.13. The van der Waals surface area contributed by atoms with Crippen molar-refractivity contribution >= 4 is 11.8 Å². The molecule has 0 bridgehead atoms. The second-order valence-corrected chi connectivity index (χ2v) is 8.67. The number of hydrogen-bond donors (Lipinski definition) is 1. The van der Waals surface area contributed by atoms with Gasteiger partial charge in [0, 0.05) is 12.6 Å². The Kier molecular flexibility index (Phi) is 7.72. The maximum Gasteiger partial charge on any atom is 0.261 e. The highest BCUT2D eigenvalue weighted by Gasteiger charge is 2.29. The number of nitrogens with zero attached hydrogens (tertiary/aromatic N) is 1. The summed E-state index contributed by atoms with van der Waals surface area (Å²) in [5.41, 5.74) is 4.27. The fraction of sp³-hybridized carbons (Fsp3) is 0.462. The summed E-state index contributed by atoms with van der Waals surface area (Å²) >= 11 is 0. The van der Waals surface area contributed by atoms with Gasteiger partial charge in [-0.05, 0) is 63.3 Å². The van der Waals surface area contributed by atoms with Gasteiger partial charge in [-0.15, -0.1) is 0 Å². The first-order valence-electron chi connectivity index (χ1n) is 11.2. The van der Waals surface area contributed by atoms with Gasteiger partial charge in [0.05, 0.1) is 0 Å². The summed E-state index contributed by atoms with van der Waals surface area (Å²) in [5, 5.41) is 3.13. The number of aryl methyl sites for hydroxylation is 3. The van der Waals surface area contributed by atoms with Gasteiger partial charge in [-0.1, -0.05) is 54.8 Å². The van der Waals surface area contributed by atoms with Gasteiger partial charge < -0.3 is 15.0 Å². The van der Waals surface area contributed by atoms with Crippen molar-refractivity contribution in [3.63, 3.8) is 0 Å². The first kappa shape index (κ1) is 22.9. The lowest BCUT2D eigenvalue weighted by Crippen LogP contribution is -2.50. The zero-order chi connectivity index (χ0) is 22.4. The number of rotatable bonds is 8. The van der Waals surface area contributed by atoms with Crippen LogP contribution in [0.3, 0.4) is 0 Å². The van der Waals surface area contributed by atoms with Crippen LogP contribution in [0.4, 0.5) is 0 Å². The van der Waals surface area contributed by atoms with E-state index in [1.807, 2.05) is 63.2 Å². The van der Waals surface area contributed by atoms with E-state index in [1.54, 1.807) is 11.8 Å². The molecule has 5 heteroatoms. The first-order chi connectivity index (χ1) is 14.8. The number of hydrogen-bond acceptors (Lipinski definition) is 3. The molecule has 166 valence electrons. The predicted octanol–water partition coefficient (Wildman–Crippen LogP) is 4.47. The van der Waals surface area contributed by atoms with Crippen molar-refractivity contribution < 1.29 is 14.3 Å². The van der Waals surface area contributed by atoms with Crippen LogP contribution in [0.25, 0.3) is 0 Å². The molecule has 0 spiro atoms. The Balaban J connectivity index is 1.74. The molecule has 2 aromatic rings. The molecule has 1 fully saturated rings. The van der Waals surface area contributed by atoms with Crippen LogP contribution in [0, 0.1) is 20.8 Å². The molecule has 5 nitrogen and oxygen atoms in total. The molecule has 2 amide bonds. The average molecular weight is 423 g/mol. The summed E-state index contributed by atoms with van der Waals surface area (Å²) in [5.74, 6) is 0.399. The lowest BCUT2D eigenvalue weighted by atomic mass is 10.1. The number of ether oxygens (including phenoxy) is 1. The number of carbonyl (C=O) groups excluding carboxylic acids is 2. The van der Waals surface area contributed by atoms with Gasteiger partial charge >= 0.3 is 0 Å². The summed E-state index contributed by atoms with van der Waals surface area (Å²) in [6, 6.07) is 13.5. The zero-order valence-corrected chi connectivity index (χ0v) is 19.1. The monoisotopic (exact) mass is 422 g/mol. The van der Waals surface area contributed by atoms with Gasteiger partial charge in [0.2, 0.25) is 5.91 Å². The molecule has 1 saturated carbocycles. The molecule has 1 atom stereocenters. The van der Waals surface area contributed by atoms with Gasteiger partial charge in [0.25, 0.3) is 5.91 Å². The van der Waals surface area contributed by atoms with Crippen LogP contribution in [0.15, 0.2) is 42.5 Å². The quantitative estimate of drug-likeness (QED) is 0.683. The van der Waals surface area contributed by atoms with Crippen LogP contribution in [-0.2, 0) is 16.1 Å². The van der Waals surface area contributed by atoms with Crippen molar-refractivity contribution in [1.29, 1.82) is 0 Å². The van der Waals surface area contributed by atoms with E-state index in [0.717, 1.165) is 47.9 Å². The SMILES string of the molecule is Cc1ccc(OCC(=O)N(Cc2ccccc2C)[C@@H](C)C(=O)NC2CCCC2)c(C)c1. The second kappa shape index (κ2) is 10.5. The summed E-state index contributed by atoms with van der Waals surface area (Å²) in [6.07, 6.45) is 4.32. The molecular weight excluding hydrogens is 388 g/mol. The number of amides is 2. The molecule has 3 rings (SSSR count). The number of benzene rings is 2. The van der Waals surface area contributed by atoms with Crippen LogP contribution in [0.2, 0.25) is 0 Å². The van der Waals surface area contributed by atoms with Crippen LogP contribution >= 0.6 is 0 Å². The molecule has 0 radical (unpaired) electrons. The van der Waals surface area contributed by atoms with E-state index in [9.17, 15) is 9.59 Å². The molecule has 31 heavy (non-hydrogen) atoms. The van der Waals surface area contributed by atoms with E-state index in [-0.39, 0.29) is 24.5 Å². The lowest BCUT2D eigenvalue weighted by Gasteiger charge is -2.30. The van der Waals surface area contributed by atoms with Crippen molar-refractivity contribution in [3.8, 4) is 5.75 Å². The minimum Gasteiger partial charge on any atom is -0.483 e. The van der Waals surface area contributed by atoms with E-state index in [2.05, 4.69) is 5.32 Å². The van der Waals surface area contributed by atoms with Gasteiger partial charge in [-0.3, -0.25) is 9.59 Å². The molecule has 2 aromatic carbocycles. The minimum atomic E-state index is -0.574. The van der Waals surface area contributed by atoms with Crippen molar-refractivity contribution in [2.24, 2.45) is 0 Å². The Morgan fingerprint density at radius 1 is 1.06 bits per heavy atom. The smallest absolute Gasteiger partial charge is 0.261 e. The molecule has 1 N–H and O–H groups in total. The fourth-order valence-electron chi connectivity index (χ4n) is 4.13. The van der Waals surface area contributed by atoms with E-state index in [0.29, 0.717) is 12.3 Å². The van der Waals surface area contributed by atoms with Crippen molar-refractivity contribution in [2.75, 3.05) is 6.61 Å². The summed E-state index contributed by atoms with van der Waals surface area (Å²) in [7, 11) is 0. The van der Waals surface area contributed by atoms with Crippen LogP contribution in [-0.4, -0.2) is 35.4 Å². The van der Waals surface area contributed by atoms with Gasteiger partial charge in [-0.25, -0.2) is 0 Å². The summed E-state index contributed by atoms with van der Waals surface area (Å²) < 4.78 is 5.84. The third-order valence-corrected chi connectivity index (χ3v) is 6.15. The maximum atomic E-state index is 13.2. The Hall–Kier alpha value is -2.82. The Bertz CT molecular complexity index is 919. The van der Waals surface area contributed by atoms with Crippen molar-refractivity contribution in [3.05, 3.63) is 64.7 Å². The third kappa shape index (κ3) is 6.09. The van der Waals surface area contributed by atoms with Crippen LogP contribution < -0.4 is 10.1 Å². The molecule has 0 unspecified atom stereocenters. The first-order valence-corrected chi connectivity index (χ1v) is 11.2. The van der Waals surface area contributed by atoms with Crippen molar-refractivity contribution in [2.45, 2.75) is 72.0 Å². The zero-order valence-electron chi connectivity index (χ0n) is 19.1. The van der Waals surface area contributed by atoms with E-state index >= 15 is 0 Å². The molecule has 0 heterocycles. The molecule has 1 aliphatic carbocycles. The van der Waals surface area contributed by atoms with Crippen molar-refractivity contribution in [1.82, 2.24) is 10.2 Å². The van der Waals surface area contributed by atoms with Gasteiger partial charge in [-0.2, -0.15) is 0 Å². The standard InChI is InChI=1S/C26H34N2O3/c1-18-13-14-24(20(3)15-18)31-17-25(29)28(16-22-10-6-5-9-19(22)2)21(4)26(30)27-23-11-7-8-12-23/h5-6,9-10,13-15,21,23H,7-8,11-12,16-17H2,1-4H3,(H,27,30)/t21-/m0/s1. The second-order valence-electron chi connectivity index (χ2n) is 8.67. The topological polar surface area (TPSA) is 58.6 Å². The summed E-state index contributed by atoms with van der Waals surface area (Å²) in [4.78, 5) is 27.8. The Morgan fingerprint density at radius 3 is 2.45 bits per heavy atom. The molecule has 1 aliphatic rings. The maximum absolute atomic E-state index is 13.2. The lowest BCUT2D eigenvalue weighted by molar-refractivity contribution is -0.142. The van der Waals surface area contributed by atoms with Crippen LogP contribution in [0.1, 0.15) is 54.9 Å². The number of carbonyl (C=O) groups is 2. The largest absolute Gasteiger partial charge is 0.483 e. The highest BCUT2D eigenvalue weighted by atomic mass is 16.5. The normalized spacial score (nSPS) is 14.8. The minimum absolute atomic E-state index is 0.0969. The van der Waals surface area contributed by atoms with E-state index < -0.39 is 6.04 Å². The molecule has 0 aliphatic heterocycles. The molecule has 0 saturated heterocycles. The van der Waals surface area contributed by atoms with E-state index in [4.69, 9.17) is 4.74 Å². The molecule has 0 aromatic heterocycles. The Morgan fingerprint density at radius 2 is 1.77 bits per heavy atom. The highest BCUT2D eigenvalue weighted by molar-refractivity contribution is 5.88. The third-order valence-electron chi connectivity index (χ3n) is 6.15. The number of nitrogens with one attached hydrogen (secondary N) is 1. The Labute approximate surface area is 185 Å². The highest BCUT2D eigenvalue weighted by Crippen LogP contribution is 2.21. The average Bonchev–Trinajstić information content (AvgIpc) is 3.25.